The number of halogens is 1. The SMILES string of the molecule is CC(C)(C)n1nc(C#N)cc1CCCCl. The number of aromatic nitrogens is 2. The fourth-order valence-electron chi connectivity index (χ4n) is 1.48. The van der Waals surface area contributed by atoms with Crippen molar-refractivity contribution >= 4 is 11.6 Å². The third-order valence-electron chi connectivity index (χ3n) is 2.10. The minimum atomic E-state index is -0.0866. The molecule has 0 amide bonds. The molecule has 1 aromatic rings. The lowest BCUT2D eigenvalue weighted by atomic mass is 10.1. The lowest BCUT2D eigenvalue weighted by Crippen LogP contribution is -2.25. The minimum absolute atomic E-state index is 0.0866. The van der Waals surface area contributed by atoms with E-state index in [0.29, 0.717) is 11.6 Å². The smallest absolute Gasteiger partial charge is 0.162 e. The molecular formula is C11H16ClN3. The Hall–Kier alpha value is -1.01. The molecule has 0 saturated carbocycles. The van der Waals surface area contributed by atoms with E-state index in [1.807, 2.05) is 10.7 Å². The zero-order valence-corrected chi connectivity index (χ0v) is 10.2. The van der Waals surface area contributed by atoms with Gasteiger partial charge in [-0.25, -0.2) is 0 Å². The van der Waals surface area contributed by atoms with E-state index in [0.717, 1.165) is 18.5 Å². The van der Waals surface area contributed by atoms with Crippen LogP contribution in [0.15, 0.2) is 6.07 Å². The quantitative estimate of drug-likeness (QED) is 0.743. The highest BCUT2D eigenvalue weighted by molar-refractivity contribution is 6.17. The van der Waals surface area contributed by atoms with Gasteiger partial charge in [-0.2, -0.15) is 10.4 Å². The lowest BCUT2D eigenvalue weighted by molar-refractivity contribution is 0.342. The van der Waals surface area contributed by atoms with Crippen LogP contribution in [0.1, 0.15) is 38.6 Å². The van der Waals surface area contributed by atoms with E-state index in [4.69, 9.17) is 16.9 Å². The molecule has 0 aliphatic rings. The molecule has 0 fully saturated rings. The third-order valence-corrected chi connectivity index (χ3v) is 2.37. The van der Waals surface area contributed by atoms with E-state index in [9.17, 15) is 0 Å². The van der Waals surface area contributed by atoms with Crippen molar-refractivity contribution in [1.29, 1.82) is 5.26 Å². The molecule has 0 aliphatic carbocycles. The Kier molecular flexibility index (Phi) is 3.76. The lowest BCUT2D eigenvalue weighted by Gasteiger charge is -2.22. The van der Waals surface area contributed by atoms with E-state index < -0.39 is 0 Å². The van der Waals surface area contributed by atoms with Crippen LogP contribution in [-0.4, -0.2) is 15.7 Å². The Morgan fingerprint density at radius 2 is 2.20 bits per heavy atom. The van der Waals surface area contributed by atoms with Crippen LogP contribution in [0.3, 0.4) is 0 Å². The number of alkyl halides is 1. The summed E-state index contributed by atoms with van der Waals surface area (Å²) < 4.78 is 1.91. The van der Waals surface area contributed by atoms with Gasteiger partial charge in [0.2, 0.25) is 0 Å². The standard InChI is InChI=1S/C11H16ClN3/c1-11(2,3)15-10(5-4-6-12)7-9(8-13)14-15/h7H,4-6H2,1-3H3. The molecule has 1 rings (SSSR count). The first kappa shape index (κ1) is 12.1. The molecule has 0 aliphatic heterocycles. The third kappa shape index (κ3) is 2.97. The Morgan fingerprint density at radius 1 is 1.53 bits per heavy atom. The summed E-state index contributed by atoms with van der Waals surface area (Å²) in [5, 5.41) is 13.1. The second-order valence-electron chi connectivity index (χ2n) is 4.51. The van der Waals surface area contributed by atoms with Gasteiger partial charge in [0.25, 0.3) is 0 Å². The van der Waals surface area contributed by atoms with Crippen LogP contribution in [0, 0.1) is 11.3 Å². The molecule has 82 valence electrons. The summed E-state index contributed by atoms with van der Waals surface area (Å²) in [4.78, 5) is 0. The van der Waals surface area contributed by atoms with Gasteiger partial charge in [0, 0.05) is 11.6 Å². The number of rotatable bonds is 3. The Balaban J connectivity index is 3.02. The van der Waals surface area contributed by atoms with E-state index in [1.54, 1.807) is 0 Å². The fourth-order valence-corrected chi connectivity index (χ4v) is 1.61. The van der Waals surface area contributed by atoms with Crippen molar-refractivity contribution in [2.75, 3.05) is 5.88 Å². The van der Waals surface area contributed by atoms with Gasteiger partial charge < -0.3 is 0 Å². The molecule has 0 bridgehead atoms. The van der Waals surface area contributed by atoms with Crippen molar-refractivity contribution in [3.63, 3.8) is 0 Å². The van der Waals surface area contributed by atoms with E-state index >= 15 is 0 Å². The predicted octanol–water partition coefficient (Wildman–Crippen LogP) is 2.68. The number of aryl methyl sites for hydroxylation is 1. The van der Waals surface area contributed by atoms with Gasteiger partial charge in [0.15, 0.2) is 5.69 Å². The molecule has 15 heavy (non-hydrogen) atoms. The van der Waals surface area contributed by atoms with Crippen LogP contribution >= 0.6 is 11.6 Å². The molecular weight excluding hydrogens is 210 g/mol. The Bertz CT molecular complexity index is 368. The first-order valence-corrected chi connectivity index (χ1v) is 5.58. The summed E-state index contributed by atoms with van der Waals surface area (Å²) in [5.74, 6) is 0.636. The van der Waals surface area contributed by atoms with Crippen molar-refractivity contribution in [3.05, 3.63) is 17.5 Å². The topological polar surface area (TPSA) is 41.6 Å². The zero-order valence-electron chi connectivity index (χ0n) is 9.42. The molecule has 0 atom stereocenters. The number of hydrogen-bond acceptors (Lipinski definition) is 2. The van der Waals surface area contributed by atoms with Crippen LogP contribution in [0.2, 0.25) is 0 Å². The monoisotopic (exact) mass is 225 g/mol. The zero-order chi connectivity index (χ0) is 11.5. The van der Waals surface area contributed by atoms with Crippen LogP contribution < -0.4 is 0 Å². The second kappa shape index (κ2) is 4.67. The molecule has 0 radical (unpaired) electrons. The van der Waals surface area contributed by atoms with Crippen molar-refractivity contribution < 1.29 is 0 Å². The molecule has 1 heterocycles. The maximum absolute atomic E-state index is 8.81. The molecule has 0 unspecified atom stereocenters. The van der Waals surface area contributed by atoms with E-state index in [-0.39, 0.29) is 5.54 Å². The summed E-state index contributed by atoms with van der Waals surface area (Å²) in [5.41, 5.74) is 1.48. The highest BCUT2D eigenvalue weighted by atomic mass is 35.5. The average Bonchev–Trinajstić information content (AvgIpc) is 2.57. The van der Waals surface area contributed by atoms with Gasteiger partial charge in [-0.05, 0) is 39.7 Å². The van der Waals surface area contributed by atoms with Crippen LogP contribution in [0.4, 0.5) is 0 Å². The van der Waals surface area contributed by atoms with Gasteiger partial charge >= 0.3 is 0 Å². The van der Waals surface area contributed by atoms with Crippen LogP contribution in [0.5, 0.6) is 0 Å². The van der Waals surface area contributed by atoms with E-state index in [1.165, 1.54) is 0 Å². The number of hydrogen-bond donors (Lipinski definition) is 0. The number of nitriles is 1. The summed E-state index contributed by atoms with van der Waals surface area (Å²) in [6.07, 6.45) is 1.78. The van der Waals surface area contributed by atoms with Gasteiger partial charge in [-0.3, -0.25) is 4.68 Å². The minimum Gasteiger partial charge on any atom is -0.263 e. The highest BCUT2D eigenvalue weighted by Gasteiger charge is 2.18. The molecule has 1 aromatic heterocycles. The highest BCUT2D eigenvalue weighted by Crippen LogP contribution is 2.18. The van der Waals surface area contributed by atoms with Crippen LogP contribution in [-0.2, 0) is 12.0 Å². The predicted molar refractivity (Wildman–Crippen MR) is 61.0 cm³/mol. The van der Waals surface area contributed by atoms with Gasteiger partial charge in [-0.15, -0.1) is 11.6 Å². The molecule has 0 N–H and O–H groups in total. The average molecular weight is 226 g/mol. The largest absolute Gasteiger partial charge is 0.263 e. The van der Waals surface area contributed by atoms with Gasteiger partial charge in [-0.1, -0.05) is 0 Å². The normalized spacial score (nSPS) is 11.4. The molecule has 0 spiro atoms. The molecule has 0 aromatic carbocycles. The molecule has 4 heteroatoms. The summed E-state index contributed by atoms with van der Waals surface area (Å²) >= 11 is 5.66. The van der Waals surface area contributed by atoms with Crippen molar-refractivity contribution in [2.24, 2.45) is 0 Å². The van der Waals surface area contributed by atoms with Crippen molar-refractivity contribution in [3.8, 4) is 6.07 Å². The second-order valence-corrected chi connectivity index (χ2v) is 4.89. The summed E-state index contributed by atoms with van der Waals surface area (Å²) in [7, 11) is 0. The summed E-state index contributed by atoms with van der Waals surface area (Å²) in [6, 6.07) is 3.92. The van der Waals surface area contributed by atoms with Crippen molar-refractivity contribution in [1.82, 2.24) is 9.78 Å². The first-order chi connectivity index (χ1) is 6.99. The van der Waals surface area contributed by atoms with Crippen LogP contribution in [0.25, 0.3) is 0 Å². The number of nitrogens with zero attached hydrogens (tertiary/aromatic N) is 3. The molecule has 0 saturated heterocycles. The molecule has 3 nitrogen and oxygen atoms in total. The fraction of sp³-hybridized carbons (Fsp3) is 0.636. The Morgan fingerprint density at radius 3 is 2.67 bits per heavy atom. The summed E-state index contributed by atoms with van der Waals surface area (Å²) in [6.45, 7) is 6.22. The maximum Gasteiger partial charge on any atom is 0.162 e. The van der Waals surface area contributed by atoms with Crippen molar-refractivity contribution in [2.45, 2.75) is 39.2 Å². The van der Waals surface area contributed by atoms with E-state index in [2.05, 4.69) is 31.9 Å². The van der Waals surface area contributed by atoms with Gasteiger partial charge in [0.1, 0.15) is 6.07 Å². The first-order valence-electron chi connectivity index (χ1n) is 5.04. The maximum atomic E-state index is 8.81. The Labute approximate surface area is 95.7 Å². The van der Waals surface area contributed by atoms with Gasteiger partial charge in [0.05, 0.1) is 5.54 Å².